The van der Waals surface area contributed by atoms with E-state index in [9.17, 15) is 22.0 Å². The highest BCUT2D eigenvalue weighted by atomic mass is 127. The van der Waals surface area contributed by atoms with Gasteiger partial charge in [0.2, 0.25) is 0 Å². The highest BCUT2D eigenvalue weighted by Gasteiger charge is 2.39. The minimum Gasteiger partial charge on any atom is -0.253 e. The second-order valence-electron chi connectivity index (χ2n) is 2.48. The molecule has 0 aliphatic heterocycles. The lowest BCUT2D eigenvalue weighted by Gasteiger charge is -2.13. The molecule has 0 fully saturated rings. The summed E-state index contributed by atoms with van der Waals surface area (Å²) in [6.45, 7) is 0. The maximum atomic E-state index is 12.4. The van der Waals surface area contributed by atoms with E-state index in [-0.39, 0.29) is 5.02 Å². The van der Waals surface area contributed by atoms with E-state index in [4.69, 9.17) is 11.6 Å². The number of alkyl halides is 5. The van der Waals surface area contributed by atoms with E-state index in [0.29, 0.717) is 0 Å². The Labute approximate surface area is 99.8 Å². The van der Waals surface area contributed by atoms with E-state index in [1.807, 2.05) is 0 Å². The summed E-state index contributed by atoms with van der Waals surface area (Å²) in [5.41, 5.74) is -2.76. The van der Waals surface area contributed by atoms with Gasteiger partial charge >= 0.3 is 6.18 Å². The largest absolute Gasteiger partial charge is 0.419 e. The lowest BCUT2D eigenvalue weighted by molar-refractivity contribution is -0.140. The van der Waals surface area contributed by atoms with Crippen LogP contribution in [0.2, 0.25) is 5.02 Å². The van der Waals surface area contributed by atoms with Crippen molar-refractivity contribution in [3.05, 3.63) is 26.0 Å². The third-order valence-electron chi connectivity index (χ3n) is 1.49. The molecule has 0 N–H and O–H groups in total. The van der Waals surface area contributed by atoms with Crippen molar-refractivity contribution in [1.82, 2.24) is 4.98 Å². The number of hydrogen-bond donors (Lipinski definition) is 0. The Morgan fingerprint density at radius 3 is 2.27 bits per heavy atom. The predicted molar refractivity (Wildman–Crippen MR) is 51.9 cm³/mol. The van der Waals surface area contributed by atoms with Gasteiger partial charge in [-0.05, 0) is 22.6 Å². The molecule has 15 heavy (non-hydrogen) atoms. The number of hydrogen-bond acceptors (Lipinski definition) is 1. The first kappa shape index (κ1) is 12.9. The Morgan fingerprint density at radius 1 is 1.33 bits per heavy atom. The first-order valence-electron chi connectivity index (χ1n) is 3.44. The molecule has 0 saturated carbocycles. The number of halogens is 7. The number of pyridine rings is 1. The number of aromatic nitrogens is 1. The van der Waals surface area contributed by atoms with Gasteiger partial charge in [0.25, 0.3) is 6.43 Å². The molecule has 1 nitrogen and oxygen atoms in total. The highest BCUT2D eigenvalue weighted by Crippen LogP contribution is 2.40. The molecule has 1 aromatic rings. The zero-order chi connectivity index (χ0) is 11.8. The molecule has 0 unspecified atom stereocenters. The molecule has 0 atom stereocenters. The van der Waals surface area contributed by atoms with Crippen molar-refractivity contribution in [3.8, 4) is 0 Å². The maximum Gasteiger partial charge on any atom is 0.419 e. The average molecular weight is 357 g/mol. The molecular weight excluding hydrogens is 355 g/mol. The standard InChI is InChI=1S/C7H2ClF5IN/c8-2-1-15-5(6(9)10)3(4(2)14)7(11,12)13/h1,6H. The monoisotopic (exact) mass is 357 g/mol. The predicted octanol–water partition coefficient (Wildman–Crippen LogP) is 4.30. The second-order valence-corrected chi connectivity index (χ2v) is 3.96. The van der Waals surface area contributed by atoms with Crippen molar-refractivity contribution in [1.29, 1.82) is 0 Å². The van der Waals surface area contributed by atoms with Crippen LogP contribution in [-0.2, 0) is 6.18 Å². The topological polar surface area (TPSA) is 12.9 Å². The van der Waals surface area contributed by atoms with Crippen molar-refractivity contribution < 1.29 is 22.0 Å². The molecule has 0 radical (unpaired) electrons. The molecule has 0 aromatic carbocycles. The van der Waals surface area contributed by atoms with Crippen molar-refractivity contribution in [3.63, 3.8) is 0 Å². The Bertz CT molecular complexity index is 378. The smallest absolute Gasteiger partial charge is 0.253 e. The van der Waals surface area contributed by atoms with Crippen LogP contribution in [0.25, 0.3) is 0 Å². The van der Waals surface area contributed by atoms with Crippen molar-refractivity contribution >= 4 is 34.2 Å². The van der Waals surface area contributed by atoms with Gasteiger partial charge in [0.15, 0.2) is 0 Å². The van der Waals surface area contributed by atoms with Crippen molar-refractivity contribution in [2.75, 3.05) is 0 Å². The Morgan fingerprint density at radius 2 is 1.87 bits per heavy atom. The summed E-state index contributed by atoms with van der Waals surface area (Å²) in [6.07, 6.45) is -7.40. The third-order valence-corrected chi connectivity index (χ3v) is 3.22. The van der Waals surface area contributed by atoms with E-state index in [2.05, 4.69) is 4.98 Å². The fourth-order valence-electron chi connectivity index (χ4n) is 0.914. The first-order valence-corrected chi connectivity index (χ1v) is 4.90. The normalized spacial score (nSPS) is 12.3. The SMILES string of the molecule is FC(F)c1ncc(Cl)c(I)c1C(F)(F)F. The van der Waals surface area contributed by atoms with Crippen LogP contribution in [-0.4, -0.2) is 4.98 Å². The van der Waals surface area contributed by atoms with Crippen LogP contribution < -0.4 is 0 Å². The van der Waals surface area contributed by atoms with E-state index < -0.39 is 27.4 Å². The van der Waals surface area contributed by atoms with Crippen LogP contribution >= 0.6 is 34.2 Å². The lowest BCUT2D eigenvalue weighted by atomic mass is 10.2. The zero-order valence-electron chi connectivity index (χ0n) is 6.75. The summed E-state index contributed by atoms with van der Waals surface area (Å²) in [6, 6.07) is 0. The molecule has 1 heterocycles. The third kappa shape index (κ3) is 2.68. The Balaban J connectivity index is 3.49. The first-order chi connectivity index (χ1) is 6.75. The highest BCUT2D eigenvalue weighted by molar-refractivity contribution is 14.1. The molecule has 0 spiro atoms. The summed E-state index contributed by atoms with van der Waals surface area (Å²) in [7, 11) is 0. The fourth-order valence-corrected chi connectivity index (χ4v) is 1.78. The van der Waals surface area contributed by atoms with E-state index in [0.717, 1.165) is 6.20 Å². The summed E-state index contributed by atoms with van der Waals surface area (Å²) in [4.78, 5) is 3.00. The molecule has 0 aliphatic rings. The Kier molecular flexibility index (Phi) is 3.75. The van der Waals surface area contributed by atoms with Crippen molar-refractivity contribution in [2.45, 2.75) is 12.6 Å². The molecule has 1 aromatic heterocycles. The summed E-state index contributed by atoms with van der Waals surface area (Å²) in [5, 5.41) is -0.299. The lowest BCUT2D eigenvalue weighted by Crippen LogP contribution is -2.14. The number of rotatable bonds is 1. The van der Waals surface area contributed by atoms with Gasteiger partial charge in [-0.15, -0.1) is 0 Å². The van der Waals surface area contributed by atoms with Crippen molar-refractivity contribution in [2.24, 2.45) is 0 Å². The van der Waals surface area contributed by atoms with Gasteiger partial charge in [-0.2, -0.15) is 13.2 Å². The van der Waals surface area contributed by atoms with Gasteiger partial charge in [0.05, 0.1) is 10.6 Å². The minimum atomic E-state index is -4.89. The Hall–Kier alpha value is -0.180. The molecule has 0 saturated heterocycles. The zero-order valence-corrected chi connectivity index (χ0v) is 9.66. The quantitative estimate of drug-likeness (QED) is 0.540. The number of nitrogens with zero attached hydrogens (tertiary/aromatic N) is 1. The van der Waals surface area contributed by atoms with Crippen LogP contribution in [0.3, 0.4) is 0 Å². The molecule has 0 aliphatic carbocycles. The van der Waals surface area contributed by atoms with Gasteiger partial charge in [0, 0.05) is 9.77 Å². The molecule has 84 valence electrons. The summed E-state index contributed by atoms with van der Waals surface area (Å²) >= 11 is 6.65. The van der Waals surface area contributed by atoms with Crippen LogP contribution in [0.1, 0.15) is 17.7 Å². The van der Waals surface area contributed by atoms with Gasteiger partial charge in [0.1, 0.15) is 5.69 Å². The van der Waals surface area contributed by atoms with Crippen LogP contribution in [0, 0.1) is 3.57 Å². The van der Waals surface area contributed by atoms with E-state index in [1.54, 1.807) is 0 Å². The fraction of sp³-hybridized carbons (Fsp3) is 0.286. The minimum absolute atomic E-state index is 0.299. The van der Waals surface area contributed by atoms with Crippen LogP contribution in [0.4, 0.5) is 22.0 Å². The maximum absolute atomic E-state index is 12.4. The molecule has 0 bridgehead atoms. The van der Waals surface area contributed by atoms with Crippen LogP contribution in [0.5, 0.6) is 0 Å². The van der Waals surface area contributed by atoms with Gasteiger partial charge < -0.3 is 0 Å². The van der Waals surface area contributed by atoms with Crippen LogP contribution in [0.15, 0.2) is 6.20 Å². The van der Waals surface area contributed by atoms with Gasteiger partial charge in [-0.25, -0.2) is 8.78 Å². The molecular formula is C7H2ClF5IN. The average Bonchev–Trinajstić information content (AvgIpc) is 2.06. The molecule has 8 heteroatoms. The molecule has 1 rings (SSSR count). The second kappa shape index (κ2) is 4.36. The van der Waals surface area contributed by atoms with Gasteiger partial charge in [-0.1, -0.05) is 11.6 Å². The van der Waals surface area contributed by atoms with Gasteiger partial charge in [-0.3, -0.25) is 4.98 Å². The summed E-state index contributed by atoms with van der Waals surface area (Å²) < 4.78 is 61.3. The van der Waals surface area contributed by atoms with E-state index >= 15 is 0 Å². The van der Waals surface area contributed by atoms with E-state index in [1.165, 1.54) is 22.6 Å². The molecule has 0 amide bonds. The summed E-state index contributed by atoms with van der Waals surface area (Å²) in [5.74, 6) is 0.